The van der Waals surface area contributed by atoms with Crippen LogP contribution in [0.15, 0.2) is 35.1 Å². The minimum absolute atomic E-state index is 0.0504. The number of nitrogens with zero attached hydrogens (tertiary/aromatic N) is 3. The molecule has 2 rings (SSSR count). The Balaban J connectivity index is 2.56. The van der Waals surface area contributed by atoms with E-state index in [1.165, 1.54) is 30.3 Å². The van der Waals surface area contributed by atoms with E-state index in [-0.39, 0.29) is 10.7 Å². The lowest BCUT2D eigenvalue weighted by Gasteiger charge is -2.05. The van der Waals surface area contributed by atoms with Crippen LogP contribution in [-0.2, 0) is 0 Å². The molecule has 0 spiro atoms. The van der Waals surface area contributed by atoms with Gasteiger partial charge in [-0.2, -0.15) is 9.78 Å². The number of aromatic nitrogens is 2. The van der Waals surface area contributed by atoms with E-state index in [1.54, 1.807) is 6.92 Å². The summed E-state index contributed by atoms with van der Waals surface area (Å²) in [4.78, 5) is 21.8. The van der Waals surface area contributed by atoms with E-state index in [2.05, 4.69) is 5.10 Å². The lowest BCUT2D eigenvalue weighted by atomic mass is 10.3. The minimum Gasteiger partial charge on any atom is -0.266 e. The van der Waals surface area contributed by atoms with E-state index in [0.717, 1.165) is 4.68 Å². The minimum atomic E-state index is -0.511. The second-order valence-corrected chi connectivity index (χ2v) is 4.03. The van der Waals surface area contributed by atoms with Gasteiger partial charge in [0.2, 0.25) is 0 Å². The third-order valence-corrected chi connectivity index (χ3v) is 2.57. The first-order chi connectivity index (χ1) is 8.49. The number of halogens is 1. The lowest BCUT2D eigenvalue weighted by molar-refractivity contribution is -0.384. The molecule has 0 aliphatic heterocycles. The molecule has 0 aliphatic rings. The van der Waals surface area contributed by atoms with Crippen molar-refractivity contribution in [3.05, 3.63) is 61.5 Å². The third kappa shape index (κ3) is 2.23. The highest BCUT2D eigenvalue weighted by Crippen LogP contribution is 2.14. The van der Waals surface area contributed by atoms with Gasteiger partial charge >= 0.3 is 0 Å². The number of aryl methyl sites for hydroxylation is 1. The second-order valence-electron chi connectivity index (χ2n) is 3.62. The van der Waals surface area contributed by atoms with Crippen LogP contribution in [0.1, 0.15) is 5.69 Å². The van der Waals surface area contributed by atoms with E-state index in [0.29, 0.717) is 11.4 Å². The van der Waals surface area contributed by atoms with Crippen LogP contribution >= 0.6 is 11.6 Å². The van der Waals surface area contributed by atoms with Crippen molar-refractivity contribution in [2.75, 3.05) is 0 Å². The first kappa shape index (κ1) is 12.3. The Morgan fingerprint density at radius 2 is 1.94 bits per heavy atom. The quantitative estimate of drug-likeness (QED) is 0.615. The Bertz CT molecular complexity index is 664. The van der Waals surface area contributed by atoms with Crippen LogP contribution in [0.5, 0.6) is 0 Å². The summed E-state index contributed by atoms with van der Waals surface area (Å²) >= 11 is 5.77. The van der Waals surface area contributed by atoms with Crippen LogP contribution in [0.3, 0.4) is 0 Å². The first-order valence-corrected chi connectivity index (χ1v) is 5.38. The number of hydrogen-bond donors (Lipinski definition) is 0. The smallest absolute Gasteiger partial charge is 0.266 e. The van der Waals surface area contributed by atoms with Gasteiger partial charge in [0.15, 0.2) is 0 Å². The Hall–Kier alpha value is -2.21. The zero-order valence-electron chi connectivity index (χ0n) is 9.33. The maximum atomic E-state index is 11.8. The molecule has 1 aromatic heterocycles. The molecule has 18 heavy (non-hydrogen) atoms. The van der Waals surface area contributed by atoms with Gasteiger partial charge < -0.3 is 0 Å². The van der Waals surface area contributed by atoms with Crippen LogP contribution in [0.2, 0.25) is 5.02 Å². The highest BCUT2D eigenvalue weighted by Gasteiger charge is 2.09. The number of nitro groups is 1. The Morgan fingerprint density at radius 1 is 1.33 bits per heavy atom. The average Bonchev–Trinajstić information content (AvgIpc) is 2.34. The summed E-state index contributed by atoms with van der Waals surface area (Å²) in [6.45, 7) is 1.70. The molecule has 0 saturated heterocycles. The number of nitro benzene ring substituents is 1. The molecule has 7 heteroatoms. The van der Waals surface area contributed by atoms with Gasteiger partial charge in [-0.1, -0.05) is 11.6 Å². The Kier molecular flexibility index (Phi) is 3.12. The van der Waals surface area contributed by atoms with Crippen molar-refractivity contribution in [3.8, 4) is 5.69 Å². The van der Waals surface area contributed by atoms with Crippen LogP contribution in [0, 0.1) is 17.0 Å². The maximum absolute atomic E-state index is 11.8. The molecular weight excluding hydrogens is 258 g/mol. The predicted octanol–water partition coefficient (Wildman–Crippen LogP) is 2.10. The van der Waals surface area contributed by atoms with Crippen molar-refractivity contribution in [1.82, 2.24) is 9.78 Å². The topological polar surface area (TPSA) is 78.0 Å². The molecule has 0 bridgehead atoms. The molecule has 6 nitrogen and oxygen atoms in total. The molecule has 0 atom stereocenters. The number of non-ortho nitro benzene ring substituents is 1. The molecule has 2 aromatic rings. The molecule has 0 N–H and O–H groups in total. The van der Waals surface area contributed by atoms with Crippen LogP contribution in [0.4, 0.5) is 5.69 Å². The van der Waals surface area contributed by atoms with Gasteiger partial charge in [-0.05, 0) is 25.1 Å². The summed E-state index contributed by atoms with van der Waals surface area (Å²) in [5.74, 6) is 0. The van der Waals surface area contributed by atoms with Gasteiger partial charge in [0.05, 0.1) is 16.3 Å². The van der Waals surface area contributed by atoms with Crippen molar-refractivity contribution in [1.29, 1.82) is 0 Å². The average molecular weight is 266 g/mol. The standard InChI is InChI=1S/C11H8ClN3O3/c1-7-6-10(12)11(16)14(13-7)8-2-4-9(5-3-8)15(17)18/h2-6H,1H3. The molecule has 0 aliphatic carbocycles. The van der Waals surface area contributed by atoms with Gasteiger partial charge in [0.25, 0.3) is 11.2 Å². The molecule has 0 amide bonds. The number of rotatable bonds is 2. The fraction of sp³-hybridized carbons (Fsp3) is 0.0909. The van der Waals surface area contributed by atoms with Gasteiger partial charge in [-0.3, -0.25) is 14.9 Å². The fourth-order valence-corrected chi connectivity index (χ4v) is 1.71. The normalized spacial score (nSPS) is 10.3. The van der Waals surface area contributed by atoms with Crippen molar-refractivity contribution >= 4 is 17.3 Å². The fourth-order valence-electron chi connectivity index (χ4n) is 1.47. The zero-order valence-corrected chi connectivity index (χ0v) is 10.1. The van der Waals surface area contributed by atoms with E-state index < -0.39 is 10.5 Å². The SMILES string of the molecule is Cc1cc(Cl)c(=O)n(-c2ccc([N+](=O)[O-])cc2)n1. The second kappa shape index (κ2) is 4.58. The summed E-state index contributed by atoms with van der Waals surface area (Å²) in [5.41, 5.74) is 0.496. The van der Waals surface area contributed by atoms with Gasteiger partial charge in [-0.25, -0.2) is 0 Å². The first-order valence-electron chi connectivity index (χ1n) is 5.00. The molecule has 0 saturated carbocycles. The van der Waals surface area contributed by atoms with E-state index in [9.17, 15) is 14.9 Å². The zero-order chi connectivity index (χ0) is 13.3. The largest absolute Gasteiger partial charge is 0.290 e. The number of hydrogen-bond acceptors (Lipinski definition) is 4. The Morgan fingerprint density at radius 3 is 2.50 bits per heavy atom. The lowest BCUT2D eigenvalue weighted by Crippen LogP contribution is -2.22. The summed E-state index contributed by atoms with van der Waals surface area (Å²) in [5, 5.41) is 14.6. The molecule has 1 aromatic carbocycles. The van der Waals surface area contributed by atoms with Crippen LogP contribution in [0.25, 0.3) is 5.69 Å². The predicted molar refractivity (Wildman–Crippen MR) is 66.2 cm³/mol. The molecule has 1 heterocycles. The third-order valence-electron chi connectivity index (χ3n) is 2.30. The van der Waals surface area contributed by atoms with Crippen LogP contribution < -0.4 is 5.56 Å². The highest BCUT2D eigenvalue weighted by atomic mass is 35.5. The van der Waals surface area contributed by atoms with E-state index >= 15 is 0 Å². The van der Waals surface area contributed by atoms with Crippen molar-refractivity contribution in [2.45, 2.75) is 6.92 Å². The monoisotopic (exact) mass is 265 g/mol. The van der Waals surface area contributed by atoms with Gasteiger partial charge in [0.1, 0.15) is 5.02 Å². The molecular formula is C11H8ClN3O3. The van der Waals surface area contributed by atoms with E-state index in [1.807, 2.05) is 0 Å². The van der Waals surface area contributed by atoms with Gasteiger partial charge in [-0.15, -0.1) is 0 Å². The summed E-state index contributed by atoms with van der Waals surface area (Å²) in [6, 6.07) is 6.97. The highest BCUT2D eigenvalue weighted by molar-refractivity contribution is 6.30. The summed E-state index contributed by atoms with van der Waals surface area (Å²) in [6.07, 6.45) is 0. The number of benzene rings is 1. The summed E-state index contributed by atoms with van der Waals surface area (Å²) < 4.78 is 1.11. The van der Waals surface area contributed by atoms with Crippen molar-refractivity contribution in [3.63, 3.8) is 0 Å². The molecule has 0 fully saturated rings. The maximum Gasteiger partial charge on any atom is 0.290 e. The molecule has 0 radical (unpaired) electrons. The Labute approximate surface area is 107 Å². The molecule has 92 valence electrons. The summed E-state index contributed by atoms with van der Waals surface area (Å²) in [7, 11) is 0. The van der Waals surface area contributed by atoms with E-state index in [4.69, 9.17) is 11.6 Å². The van der Waals surface area contributed by atoms with Crippen molar-refractivity contribution < 1.29 is 4.92 Å². The van der Waals surface area contributed by atoms with Crippen molar-refractivity contribution in [2.24, 2.45) is 0 Å². The molecule has 0 unspecified atom stereocenters. The van der Waals surface area contributed by atoms with Gasteiger partial charge in [0, 0.05) is 12.1 Å². The van der Waals surface area contributed by atoms with Crippen LogP contribution in [-0.4, -0.2) is 14.7 Å².